The number of ether oxygens (including phenoxy) is 1. The van der Waals surface area contributed by atoms with Gasteiger partial charge in [-0.05, 0) is 76.6 Å². The number of rotatable bonds is 5. The summed E-state index contributed by atoms with van der Waals surface area (Å²) >= 11 is 0. The van der Waals surface area contributed by atoms with E-state index >= 15 is 0 Å². The van der Waals surface area contributed by atoms with Gasteiger partial charge in [0.15, 0.2) is 0 Å². The number of benzene rings is 1. The first-order chi connectivity index (χ1) is 12.2. The zero-order valence-corrected chi connectivity index (χ0v) is 16.1. The number of aliphatic hydroxyl groups is 1. The highest BCUT2D eigenvalue weighted by molar-refractivity contribution is 5.88. The molecule has 1 heterocycles. The molecule has 1 aliphatic carbocycles. The maximum atomic E-state index is 12.3. The van der Waals surface area contributed by atoms with Gasteiger partial charge in [0.05, 0.1) is 5.39 Å². The summed E-state index contributed by atoms with van der Waals surface area (Å²) in [5.74, 6) is 0.691. The van der Waals surface area contributed by atoms with Crippen molar-refractivity contribution in [1.82, 2.24) is 5.32 Å². The lowest BCUT2D eigenvalue weighted by Gasteiger charge is -2.23. The predicted octanol–water partition coefficient (Wildman–Crippen LogP) is 3.11. The Morgan fingerprint density at radius 2 is 1.92 bits per heavy atom. The van der Waals surface area contributed by atoms with Crippen molar-refractivity contribution < 1.29 is 14.3 Å². The third kappa shape index (κ3) is 4.27. The highest BCUT2D eigenvalue weighted by Gasteiger charge is 2.21. The average Bonchev–Trinajstić information content (AvgIpc) is 2.57. The van der Waals surface area contributed by atoms with Crippen molar-refractivity contribution in [2.45, 2.75) is 65.0 Å². The average molecular weight is 359 g/mol. The molecule has 0 aliphatic heterocycles. The number of hydrogen-bond donors (Lipinski definition) is 2. The minimum Gasteiger partial charge on any atom is -0.490 e. The Morgan fingerprint density at radius 3 is 2.62 bits per heavy atom. The molecular formula is C21H29NO4. The minimum atomic E-state index is -0.615. The smallest absolute Gasteiger partial charge is 0.339 e. The van der Waals surface area contributed by atoms with E-state index in [0.717, 1.165) is 47.8 Å². The summed E-state index contributed by atoms with van der Waals surface area (Å²) in [5, 5.41) is 14.4. The molecule has 1 atom stereocenters. The largest absolute Gasteiger partial charge is 0.490 e. The highest BCUT2D eigenvalue weighted by Crippen LogP contribution is 2.34. The van der Waals surface area contributed by atoms with Gasteiger partial charge < -0.3 is 19.6 Å². The summed E-state index contributed by atoms with van der Waals surface area (Å²) in [7, 11) is 0. The van der Waals surface area contributed by atoms with Crippen LogP contribution in [0.3, 0.4) is 0 Å². The highest BCUT2D eigenvalue weighted by atomic mass is 16.5. The van der Waals surface area contributed by atoms with Gasteiger partial charge in [-0.1, -0.05) is 0 Å². The lowest BCUT2D eigenvalue weighted by Crippen LogP contribution is -2.42. The van der Waals surface area contributed by atoms with Crippen LogP contribution >= 0.6 is 0 Å². The lowest BCUT2D eigenvalue weighted by atomic mass is 9.90. The molecule has 0 fully saturated rings. The van der Waals surface area contributed by atoms with Gasteiger partial charge >= 0.3 is 5.63 Å². The zero-order chi connectivity index (χ0) is 18.9. The second-order valence-corrected chi connectivity index (χ2v) is 8.29. The second kappa shape index (κ2) is 7.41. The normalized spacial score (nSPS) is 15.7. The van der Waals surface area contributed by atoms with Crippen LogP contribution < -0.4 is 15.7 Å². The summed E-state index contributed by atoms with van der Waals surface area (Å²) in [6, 6.07) is 3.84. The molecule has 0 bridgehead atoms. The van der Waals surface area contributed by atoms with Crippen LogP contribution in [-0.4, -0.2) is 29.9 Å². The summed E-state index contributed by atoms with van der Waals surface area (Å²) < 4.78 is 11.6. The fourth-order valence-corrected chi connectivity index (χ4v) is 3.45. The van der Waals surface area contributed by atoms with E-state index in [-0.39, 0.29) is 17.8 Å². The maximum Gasteiger partial charge on any atom is 0.339 e. The molecule has 1 aromatic carbocycles. The number of β-amino-alcohol motifs (C(OH)–C–C–N with tert-alkyl or cyclic N) is 1. The molecule has 1 unspecified atom stereocenters. The molecule has 2 aromatic rings. The molecule has 0 amide bonds. The fraction of sp³-hybridized carbons (Fsp3) is 0.571. The van der Waals surface area contributed by atoms with Crippen molar-refractivity contribution in [2.24, 2.45) is 0 Å². The molecule has 5 heteroatoms. The van der Waals surface area contributed by atoms with E-state index < -0.39 is 6.10 Å². The first-order valence-electron chi connectivity index (χ1n) is 9.40. The first kappa shape index (κ1) is 18.9. The van der Waals surface area contributed by atoms with E-state index in [0.29, 0.717) is 17.9 Å². The molecule has 1 aliphatic rings. The Labute approximate surface area is 154 Å². The van der Waals surface area contributed by atoms with E-state index in [4.69, 9.17) is 9.15 Å². The molecule has 142 valence electrons. The van der Waals surface area contributed by atoms with Crippen LogP contribution in [0.5, 0.6) is 5.75 Å². The summed E-state index contributed by atoms with van der Waals surface area (Å²) in [4.78, 5) is 12.3. The Hall–Kier alpha value is -1.85. The molecule has 5 nitrogen and oxygen atoms in total. The van der Waals surface area contributed by atoms with Crippen LogP contribution in [0.2, 0.25) is 0 Å². The van der Waals surface area contributed by atoms with Gasteiger partial charge in [-0.15, -0.1) is 0 Å². The number of aliphatic hydroxyl groups excluding tert-OH is 1. The molecule has 26 heavy (non-hydrogen) atoms. The fourth-order valence-electron chi connectivity index (χ4n) is 3.45. The van der Waals surface area contributed by atoms with E-state index in [1.165, 1.54) is 0 Å². The quantitative estimate of drug-likeness (QED) is 0.803. The molecule has 0 spiro atoms. The Bertz CT molecular complexity index is 848. The number of aryl methyl sites for hydroxylation is 2. The van der Waals surface area contributed by atoms with Crippen LogP contribution in [0.4, 0.5) is 0 Å². The molecular weight excluding hydrogens is 330 g/mol. The number of fused-ring (bicyclic) bond motifs is 3. The van der Waals surface area contributed by atoms with Crippen molar-refractivity contribution in [2.75, 3.05) is 13.2 Å². The van der Waals surface area contributed by atoms with Crippen LogP contribution in [-0.2, 0) is 12.8 Å². The van der Waals surface area contributed by atoms with Crippen molar-refractivity contribution in [3.63, 3.8) is 0 Å². The van der Waals surface area contributed by atoms with Gasteiger partial charge in [0.1, 0.15) is 24.0 Å². The second-order valence-electron chi connectivity index (χ2n) is 8.29. The first-order valence-corrected chi connectivity index (χ1v) is 9.40. The van der Waals surface area contributed by atoms with Crippen LogP contribution in [0, 0.1) is 6.92 Å². The standard InChI is InChI=1S/C21H29NO4/c1-13-9-17(25-12-14(23)11-22-21(2,3)4)19-15-7-5-6-8-16(15)20(24)26-18(19)10-13/h9-10,14,22-23H,5-8,11-12H2,1-4H3. The molecule has 1 aromatic heterocycles. The molecule has 0 radical (unpaired) electrons. The Morgan fingerprint density at radius 1 is 1.23 bits per heavy atom. The van der Waals surface area contributed by atoms with Crippen molar-refractivity contribution in [1.29, 1.82) is 0 Å². The van der Waals surface area contributed by atoms with Gasteiger partial charge in [0.2, 0.25) is 0 Å². The van der Waals surface area contributed by atoms with E-state index in [9.17, 15) is 9.90 Å². The van der Waals surface area contributed by atoms with Gasteiger partial charge in [-0.25, -0.2) is 4.79 Å². The maximum absolute atomic E-state index is 12.3. The van der Waals surface area contributed by atoms with Gasteiger partial charge in [0.25, 0.3) is 0 Å². The molecule has 2 N–H and O–H groups in total. The summed E-state index contributed by atoms with van der Waals surface area (Å²) in [6.07, 6.45) is 3.10. The van der Waals surface area contributed by atoms with Crippen LogP contribution in [0.15, 0.2) is 21.3 Å². The Balaban J connectivity index is 1.89. The van der Waals surface area contributed by atoms with E-state index in [1.807, 2.05) is 19.1 Å². The number of nitrogens with one attached hydrogen (secondary N) is 1. The summed E-state index contributed by atoms with van der Waals surface area (Å²) in [5.41, 5.74) is 3.10. The van der Waals surface area contributed by atoms with Crippen molar-refractivity contribution in [3.8, 4) is 5.75 Å². The SMILES string of the molecule is Cc1cc(OCC(O)CNC(C)(C)C)c2c3c(c(=O)oc2c1)CCCC3. The topological polar surface area (TPSA) is 71.7 Å². The third-order valence-electron chi connectivity index (χ3n) is 4.73. The van der Waals surface area contributed by atoms with Gasteiger partial charge in [0, 0.05) is 17.6 Å². The van der Waals surface area contributed by atoms with Crippen LogP contribution in [0.1, 0.15) is 50.3 Å². The van der Waals surface area contributed by atoms with Crippen molar-refractivity contribution >= 4 is 11.0 Å². The zero-order valence-electron chi connectivity index (χ0n) is 16.1. The third-order valence-corrected chi connectivity index (χ3v) is 4.73. The van der Waals surface area contributed by atoms with E-state index in [1.54, 1.807) is 0 Å². The molecule has 3 rings (SSSR count). The van der Waals surface area contributed by atoms with Crippen molar-refractivity contribution in [3.05, 3.63) is 39.2 Å². The minimum absolute atomic E-state index is 0.0561. The Kier molecular flexibility index (Phi) is 5.39. The summed E-state index contributed by atoms with van der Waals surface area (Å²) in [6.45, 7) is 8.77. The van der Waals surface area contributed by atoms with Crippen LogP contribution in [0.25, 0.3) is 11.0 Å². The predicted molar refractivity (Wildman–Crippen MR) is 103 cm³/mol. The molecule has 0 saturated carbocycles. The van der Waals surface area contributed by atoms with Gasteiger partial charge in [-0.3, -0.25) is 0 Å². The monoisotopic (exact) mass is 359 g/mol. The molecule has 0 saturated heterocycles. The van der Waals surface area contributed by atoms with E-state index in [2.05, 4.69) is 26.1 Å². The number of hydrogen-bond acceptors (Lipinski definition) is 5. The van der Waals surface area contributed by atoms with Gasteiger partial charge in [-0.2, -0.15) is 0 Å². The lowest BCUT2D eigenvalue weighted by molar-refractivity contribution is 0.101.